The predicted molar refractivity (Wildman–Crippen MR) is 88.8 cm³/mol. The number of hydrogen-bond acceptors (Lipinski definition) is 4. The van der Waals surface area contributed by atoms with Crippen molar-refractivity contribution in [2.45, 2.75) is 26.3 Å². The molecule has 0 aromatic heterocycles. The third-order valence-corrected chi connectivity index (χ3v) is 3.72. The molecule has 0 aliphatic carbocycles. The van der Waals surface area contributed by atoms with Crippen LogP contribution in [0.1, 0.15) is 20.3 Å². The Kier molecular flexibility index (Phi) is 8.43. The maximum atomic E-state index is 11.7. The molecule has 0 aliphatic rings. The number of ether oxygens (including phenoxy) is 1. The van der Waals surface area contributed by atoms with Crippen molar-refractivity contribution >= 4 is 23.5 Å². The predicted octanol–water partition coefficient (Wildman–Crippen LogP) is 1.92. The summed E-state index contributed by atoms with van der Waals surface area (Å²) >= 11 is 5.77. The molecule has 0 fully saturated rings. The van der Waals surface area contributed by atoms with Crippen LogP contribution in [0, 0.1) is 5.92 Å². The van der Waals surface area contributed by atoms with E-state index in [4.69, 9.17) is 21.4 Å². The van der Waals surface area contributed by atoms with Crippen LogP contribution in [0.25, 0.3) is 0 Å². The van der Waals surface area contributed by atoms with Crippen molar-refractivity contribution in [2.24, 2.45) is 5.92 Å². The van der Waals surface area contributed by atoms with Gasteiger partial charge < -0.3 is 15.2 Å². The van der Waals surface area contributed by atoms with Crippen molar-refractivity contribution in [1.29, 1.82) is 0 Å². The first-order chi connectivity index (χ1) is 10.9. The second kappa shape index (κ2) is 10.1. The minimum absolute atomic E-state index is 0.0394. The van der Waals surface area contributed by atoms with Crippen LogP contribution in [-0.2, 0) is 9.59 Å². The van der Waals surface area contributed by atoms with E-state index in [2.05, 4.69) is 10.6 Å². The number of hydrogen-bond donors (Lipinski definition) is 3. The topological polar surface area (TPSA) is 87.7 Å². The summed E-state index contributed by atoms with van der Waals surface area (Å²) in [4.78, 5) is 22.8. The van der Waals surface area contributed by atoms with Gasteiger partial charge in [-0.15, -0.1) is 0 Å². The molecule has 2 atom stereocenters. The molecule has 1 aromatic carbocycles. The Morgan fingerprint density at radius 3 is 2.52 bits per heavy atom. The maximum absolute atomic E-state index is 11.7. The van der Waals surface area contributed by atoms with E-state index >= 15 is 0 Å². The molecular weight excluding hydrogens is 320 g/mol. The van der Waals surface area contributed by atoms with Crippen molar-refractivity contribution in [1.82, 2.24) is 10.6 Å². The van der Waals surface area contributed by atoms with Gasteiger partial charge >= 0.3 is 5.97 Å². The van der Waals surface area contributed by atoms with Crippen molar-refractivity contribution in [3.05, 3.63) is 29.3 Å². The fourth-order valence-electron chi connectivity index (χ4n) is 1.92. The number of carbonyl (C=O) groups excluding carboxylic acids is 1. The Bertz CT molecular complexity index is 507. The molecular formula is C16H23ClN2O4. The van der Waals surface area contributed by atoms with Gasteiger partial charge in [0.1, 0.15) is 18.4 Å². The van der Waals surface area contributed by atoms with Gasteiger partial charge in [-0.3, -0.25) is 14.9 Å². The minimum Gasteiger partial charge on any atom is -0.492 e. The number of amides is 1. The minimum atomic E-state index is -0.946. The first-order valence-corrected chi connectivity index (χ1v) is 7.93. The third kappa shape index (κ3) is 7.34. The van der Waals surface area contributed by atoms with Crippen LogP contribution in [0.3, 0.4) is 0 Å². The number of carboxylic acids is 1. The van der Waals surface area contributed by atoms with E-state index in [1.54, 1.807) is 24.3 Å². The van der Waals surface area contributed by atoms with Crippen LogP contribution in [0.5, 0.6) is 5.75 Å². The molecule has 0 saturated carbocycles. The number of rotatable bonds is 10. The summed E-state index contributed by atoms with van der Waals surface area (Å²) in [7, 11) is 0. The van der Waals surface area contributed by atoms with E-state index < -0.39 is 12.0 Å². The normalized spacial score (nSPS) is 13.2. The highest BCUT2D eigenvalue weighted by Crippen LogP contribution is 2.15. The molecule has 0 spiro atoms. The molecule has 6 nitrogen and oxygen atoms in total. The van der Waals surface area contributed by atoms with E-state index in [-0.39, 0.29) is 18.4 Å². The van der Waals surface area contributed by atoms with Crippen LogP contribution in [-0.4, -0.2) is 42.7 Å². The SMILES string of the molecule is CC[C@H](C)[C@H](NCC(=O)NCCOc1ccc(Cl)cc1)C(=O)O. The lowest BCUT2D eigenvalue weighted by Gasteiger charge is -2.19. The quantitative estimate of drug-likeness (QED) is 0.565. The zero-order valence-electron chi connectivity index (χ0n) is 13.3. The third-order valence-electron chi connectivity index (χ3n) is 3.47. The average Bonchev–Trinajstić information content (AvgIpc) is 2.52. The molecule has 1 aromatic rings. The number of aliphatic carboxylic acids is 1. The van der Waals surface area contributed by atoms with Crippen molar-refractivity contribution in [3.63, 3.8) is 0 Å². The summed E-state index contributed by atoms with van der Waals surface area (Å²) < 4.78 is 5.44. The van der Waals surface area contributed by atoms with E-state index in [0.717, 1.165) is 6.42 Å². The Morgan fingerprint density at radius 1 is 1.30 bits per heavy atom. The molecule has 0 aliphatic heterocycles. The first kappa shape index (κ1) is 19.3. The second-order valence-corrected chi connectivity index (χ2v) is 5.67. The van der Waals surface area contributed by atoms with Crippen LogP contribution in [0.15, 0.2) is 24.3 Å². The zero-order valence-corrected chi connectivity index (χ0v) is 14.1. The molecule has 0 unspecified atom stereocenters. The number of nitrogens with one attached hydrogen (secondary N) is 2. The first-order valence-electron chi connectivity index (χ1n) is 7.55. The van der Waals surface area contributed by atoms with Crippen molar-refractivity contribution in [2.75, 3.05) is 19.7 Å². The van der Waals surface area contributed by atoms with Gasteiger partial charge in [0.2, 0.25) is 5.91 Å². The molecule has 0 radical (unpaired) electrons. The summed E-state index contributed by atoms with van der Waals surface area (Å²) in [6, 6.07) is 6.21. The van der Waals surface area contributed by atoms with Crippen LogP contribution >= 0.6 is 11.6 Å². The summed E-state index contributed by atoms with van der Waals surface area (Å²) in [5.74, 6) is -0.587. The van der Waals surface area contributed by atoms with Gasteiger partial charge in [0.15, 0.2) is 0 Å². The highest BCUT2D eigenvalue weighted by molar-refractivity contribution is 6.30. The Labute approximate surface area is 141 Å². The lowest BCUT2D eigenvalue weighted by molar-refractivity contribution is -0.140. The monoisotopic (exact) mass is 342 g/mol. The van der Waals surface area contributed by atoms with Gasteiger partial charge in [0.25, 0.3) is 0 Å². The summed E-state index contributed by atoms with van der Waals surface area (Å²) in [6.45, 7) is 4.37. The van der Waals surface area contributed by atoms with Crippen molar-refractivity contribution in [3.8, 4) is 5.75 Å². The van der Waals surface area contributed by atoms with E-state index in [1.807, 2.05) is 13.8 Å². The van der Waals surface area contributed by atoms with Gasteiger partial charge in [-0.1, -0.05) is 31.9 Å². The number of benzene rings is 1. The van der Waals surface area contributed by atoms with E-state index in [0.29, 0.717) is 23.9 Å². The number of halogens is 1. The average molecular weight is 343 g/mol. The Hall–Kier alpha value is -1.79. The molecule has 3 N–H and O–H groups in total. The molecule has 0 heterocycles. The Balaban J connectivity index is 2.23. The smallest absolute Gasteiger partial charge is 0.320 e. The fourth-order valence-corrected chi connectivity index (χ4v) is 2.05. The largest absolute Gasteiger partial charge is 0.492 e. The lowest BCUT2D eigenvalue weighted by atomic mass is 9.99. The molecule has 128 valence electrons. The van der Waals surface area contributed by atoms with Gasteiger partial charge in [0, 0.05) is 5.02 Å². The molecule has 7 heteroatoms. The molecule has 0 saturated heterocycles. The van der Waals surface area contributed by atoms with Crippen LogP contribution in [0.4, 0.5) is 0 Å². The molecule has 23 heavy (non-hydrogen) atoms. The highest BCUT2D eigenvalue weighted by Gasteiger charge is 2.23. The number of carbonyl (C=O) groups is 2. The van der Waals surface area contributed by atoms with E-state index in [1.165, 1.54) is 0 Å². The highest BCUT2D eigenvalue weighted by atomic mass is 35.5. The summed E-state index contributed by atoms with van der Waals surface area (Å²) in [5.41, 5.74) is 0. The lowest BCUT2D eigenvalue weighted by Crippen LogP contribution is -2.46. The van der Waals surface area contributed by atoms with Gasteiger partial charge in [-0.25, -0.2) is 0 Å². The molecule has 1 rings (SSSR count). The van der Waals surface area contributed by atoms with Crippen LogP contribution < -0.4 is 15.4 Å². The van der Waals surface area contributed by atoms with Gasteiger partial charge in [0.05, 0.1) is 13.1 Å². The van der Waals surface area contributed by atoms with Gasteiger partial charge in [-0.05, 0) is 30.2 Å². The molecule has 1 amide bonds. The summed E-state index contributed by atoms with van der Waals surface area (Å²) in [6.07, 6.45) is 0.723. The van der Waals surface area contributed by atoms with E-state index in [9.17, 15) is 9.59 Å². The second-order valence-electron chi connectivity index (χ2n) is 5.23. The molecule has 0 bridgehead atoms. The standard InChI is InChI=1S/C16H23ClN2O4/c1-3-11(2)15(16(21)22)19-10-14(20)18-8-9-23-13-6-4-12(17)5-7-13/h4-7,11,15,19H,3,8-10H2,1-2H3,(H,18,20)(H,21,22)/t11-,15-/m0/s1. The van der Waals surface area contributed by atoms with Crippen LogP contribution in [0.2, 0.25) is 5.02 Å². The zero-order chi connectivity index (χ0) is 17.2. The van der Waals surface area contributed by atoms with Gasteiger partial charge in [-0.2, -0.15) is 0 Å². The van der Waals surface area contributed by atoms with Crippen molar-refractivity contribution < 1.29 is 19.4 Å². The Morgan fingerprint density at radius 2 is 1.96 bits per heavy atom. The summed E-state index contributed by atoms with van der Waals surface area (Å²) in [5, 5.41) is 15.2. The fraction of sp³-hybridized carbons (Fsp3) is 0.500. The maximum Gasteiger partial charge on any atom is 0.320 e. The number of carboxylic acid groups (broad SMARTS) is 1.